The van der Waals surface area contributed by atoms with E-state index in [4.69, 9.17) is 4.42 Å². The monoisotopic (exact) mass is 400 g/mol. The van der Waals surface area contributed by atoms with Gasteiger partial charge >= 0.3 is 5.97 Å². The van der Waals surface area contributed by atoms with Gasteiger partial charge in [-0.1, -0.05) is 18.2 Å². The van der Waals surface area contributed by atoms with E-state index in [1.165, 1.54) is 6.07 Å². The Morgan fingerprint density at radius 2 is 1.83 bits per heavy atom. The Labute approximate surface area is 172 Å². The molecule has 0 radical (unpaired) electrons. The summed E-state index contributed by atoms with van der Waals surface area (Å²) in [6, 6.07) is 15.2. The highest BCUT2D eigenvalue weighted by atomic mass is 16.4. The van der Waals surface area contributed by atoms with Crippen LogP contribution in [0.4, 0.5) is 5.69 Å². The Morgan fingerprint density at radius 1 is 1.10 bits per heavy atom. The van der Waals surface area contributed by atoms with Gasteiger partial charge in [-0.15, -0.1) is 0 Å². The normalized spacial score (nSPS) is 11.9. The second-order valence-electron chi connectivity index (χ2n) is 7.16. The minimum absolute atomic E-state index is 0.133. The summed E-state index contributed by atoms with van der Waals surface area (Å²) in [5.41, 5.74) is 3.48. The van der Waals surface area contributed by atoms with E-state index in [0.717, 1.165) is 16.7 Å². The summed E-state index contributed by atoms with van der Waals surface area (Å²) in [5, 5.41) is 13.2. The molecule has 0 saturated heterocycles. The van der Waals surface area contributed by atoms with E-state index < -0.39 is 5.97 Å². The van der Waals surface area contributed by atoms with Crippen LogP contribution in [0, 0.1) is 6.92 Å². The number of carbonyl (C=O) groups is 1. The first-order valence-corrected chi connectivity index (χ1v) is 9.51. The fourth-order valence-corrected chi connectivity index (χ4v) is 3.52. The summed E-state index contributed by atoms with van der Waals surface area (Å²) >= 11 is 0. The van der Waals surface area contributed by atoms with Gasteiger partial charge in [0.1, 0.15) is 11.3 Å². The number of aromatic nitrogens is 1. The topological polar surface area (TPSA) is 92.4 Å². The van der Waals surface area contributed by atoms with Gasteiger partial charge in [-0.2, -0.15) is 0 Å². The van der Waals surface area contributed by atoms with Crippen LogP contribution in [-0.4, -0.2) is 16.1 Å². The molecule has 30 heavy (non-hydrogen) atoms. The van der Waals surface area contributed by atoms with Gasteiger partial charge < -0.3 is 14.8 Å². The molecule has 4 rings (SSSR count). The molecule has 4 aromatic rings. The largest absolute Gasteiger partial charge is 0.478 e. The number of benzene rings is 2. The Morgan fingerprint density at radius 3 is 2.57 bits per heavy atom. The zero-order valence-electron chi connectivity index (χ0n) is 16.5. The number of rotatable bonds is 5. The van der Waals surface area contributed by atoms with E-state index in [9.17, 15) is 14.7 Å². The van der Waals surface area contributed by atoms with Crippen LogP contribution in [0.5, 0.6) is 0 Å². The molecule has 0 aliphatic carbocycles. The number of nitrogens with zero attached hydrogens (tertiary/aromatic N) is 1. The third-order valence-corrected chi connectivity index (χ3v) is 4.96. The second kappa shape index (κ2) is 7.83. The molecule has 2 aromatic heterocycles. The van der Waals surface area contributed by atoms with Crippen LogP contribution in [0.3, 0.4) is 0 Å². The molecular formula is C24H20N2O4. The van der Waals surface area contributed by atoms with Crippen LogP contribution in [0.1, 0.15) is 34.5 Å². The highest BCUT2D eigenvalue weighted by molar-refractivity contribution is 5.94. The first kappa shape index (κ1) is 19.4. The first-order chi connectivity index (χ1) is 14.4. The lowest BCUT2D eigenvalue weighted by atomic mass is 10.00. The molecule has 0 saturated carbocycles. The average molecular weight is 400 g/mol. The number of hydrogen-bond donors (Lipinski definition) is 2. The van der Waals surface area contributed by atoms with E-state index >= 15 is 0 Å². The minimum atomic E-state index is -1.01. The fourth-order valence-electron chi connectivity index (χ4n) is 3.52. The number of aryl methyl sites for hydroxylation is 1. The van der Waals surface area contributed by atoms with Crippen molar-refractivity contribution in [2.75, 3.05) is 5.32 Å². The quantitative estimate of drug-likeness (QED) is 0.488. The molecule has 2 aromatic carbocycles. The number of hydrogen-bond acceptors (Lipinski definition) is 5. The van der Waals surface area contributed by atoms with Gasteiger partial charge in [-0.05, 0) is 49.7 Å². The Hall–Kier alpha value is -3.93. The van der Waals surface area contributed by atoms with Crippen molar-refractivity contribution >= 4 is 22.6 Å². The van der Waals surface area contributed by atoms with Crippen LogP contribution in [0.2, 0.25) is 0 Å². The van der Waals surface area contributed by atoms with Gasteiger partial charge in [-0.3, -0.25) is 9.78 Å². The number of para-hydroxylation sites is 1. The Bertz CT molecular complexity index is 1300. The number of fused-ring (bicyclic) bond motifs is 1. The number of aromatic carboxylic acids is 1. The molecule has 0 fully saturated rings. The minimum Gasteiger partial charge on any atom is -0.478 e. The molecule has 2 N–H and O–H groups in total. The number of carboxylic acid groups (broad SMARTS) is 1. The van der Waals surface area contributed by atoms with Crippen molar-refractivity contribution in [1.82, 2.24) is 4.98 Å². The lowest BCUT2D eigenvalue weighted by Gasteiger charge is -2.19. The van der Waals surface area contributed by atoms with Crippen LogP contribution in [0.15, 0.2) is 76.2 Å². The van der Waals surface area contributed by atoms with Crippen molar-refractivity contribution in [3.05, 3.63) is 93.9 Å². The van der Waals surface area contributed by atoms with Gasteiger partial charge in [0.25, 0.3) is 0 Å². The first-order valence-electron chi connectivity index (χ1n) is 9.51. The molecule has 1 unspecified atom stereocenters. The molecule has 0 aliphatic heterocycles. The molecule has 2 heterocycles. The van der Waals surface area contributed by atoms with Crippen LogP contribution in [-0.2, 0) is 0 Å². The molecular weight excluding hydrogens is 380 g/mol. The van der Waals surface area contributed by atoms with Crippen molar-refractivity contribution < 1.29 is 14.3 Å². The predicted molar refractivity (Wildman–Crippen MR) is 116 cm³/mol. The van der Waals surface area contributed by atoms with E-state index in [0.29, 0.717) is 22.4 Å². The van der Waals surface area contributed by atoms with Gasteiger partial charge in [0.2, 0.25) is 0 Å². The van der Waals surface area contributed by atoms with Crippen molar-refractivity contribution in [1.29, 1.82) is 0 Å². The molecule has 1 atom stereocenters. The number of nitrogens with one attached hydrogen (secondary N) is 1. The second-order valence-corrected chi connectivity index (χ2v) is 7.16. The standard InChI is InChI=1S/C24H20N2O4/c1-14-11-18(15(2)26-20-6-4-3-5-17(20)24(28)29)23-19(12-14)21(27)13-22(30-23)16-7-9-25-10-8-16/h3-13,15,26H,1-2H3,(H,28,29). The van der Waals surface area contributed by atoms with Crippen molar-refractivity contribution in [3.8, 4) is 11.3 Å². The summed E-state index contributed by atoms with van der Waals surface area (Å²) in [6.07, 6.45) is 3.28. The third-order valence-electron chi connectivity index (χ3n) is 4.96. The highest BCUT2D eigenvalue weighted by Gasteiger charge is 2.18. The van der Waals surface area contributed by atoms with Crippen LogP contribution < -0.4 is 10.7 Å². The smallest absolute Gasteiger partial charge is 0.337 e. The van der Waals surface area contributed by atoms with Crippen LogP contribution in [0.25, 0.3) is 22.3 Å². The molecule has 0 bridgehead atoms. The molecule has 6 nitrogen and oxygen atoms in total. The van der Waals surface area contributed by atoms with Crippen molar-refractivity contribution in [2.45, 2.75) is 19.9 Å². The fraction of sp³-hybridized carbons (Fsp3) is 0.125. The van der Waals surface area contributed by atoms with E-state index in [2.05, 4.69) is 10.3 Å². The summed E-state index contributed by atoms with van der Waals surface area (Å²) in [7, 11) is 0. The average Bonchev–Trinajstić information content (AvgIpc) is 2.74. The lowest BCUT2D eigenvalue weighted by molar-refractivity contribution is 0.0698. The number of anilines is 1. The zero-order chi connectivity index (χ0) is 21.3. The summed E-state index contributed by atoms with van der Waals surface area (Å²) in [4.78, 5) is 28.4. The zero-order valence-corrected chi connectivity index (χ0v) is 16.5. The summed E-state index contributed by atoms with van der Waals surface area (Å²) in [5.74, 6) is -0.552. The van der Waals surface area contributed by atoms with E-state index in [1.54, 1.807) is 54.9 Å². The maximum Gasteiger partial charge on any atom is 0.337 e. The lowest BCUT2D eigenvalue weighted by Crippen LogP contribution is -2.12. The summed E-state index contributed by atoms with van der Waals surface area (Å²) < 4.78 is 6.17. The van der Waals surface area contributed by atoms with Crippen molar-refractivity contribution in [3.63, 3.8) is 0 Å². The van der Waals surface area contributed by atoms with E-state index in [-0.39, 0.29) is 17.0 Å². The third kappa shape index (κ3) is 3.67. The molecule has 0 aliphatic rings. The van der Waals surface area contributed by atoms with Gasteiger partial charge in [0.15, 0.2) is 5.43 Å². The molecule has 150 valence electrons. The van der Waals surface area contributed by atoms with E-state index in [1.807, 2.05) is 19.9 Å². The van der Waals surface area contributed by atoms with Crippen molar-refractivity contribution in [2.24, 2.45) is 0 Å². The highest BCUT2D eigenvalue weighted by Crippen LogP contribution is 2.31. The maximum atomic E-state index is 12.8. The summed E-state index contributed by atoms with van der Waals surface area (Å²) in [6.45, 7) is 3.82. The Kier molecular flexibility index (Phi) is 5.06. The molecule has 6 heteroatoms. The molecule has 0 amide bonds. The SMILES string of the molecule is Cc1cc(C(C)Nc2ccccc2C(=O)O)c2oc(-c3ccncc3)cc(=O)c2c1. The van der Waals surface area contributed by atoms with Gasteiger partial charge in [0, 0.05) is 35.3 Å². The Balaban J connectivity index is 1.85. The van der Waals surface area contributed by atoms with Gasteiger partial charge in [0.05, 0.1) is 17.0 Å². The number of pyridine rings is 1. The predicted octanol–water partition coefficient (Wildman–Crippen LogP) is 5.03. The number of carboxylic acids is 1. The maximum absolute atomic E-state index is 12.8. The van der Waals surface area contributed by atoms with Gasteiger partial charge in [-0.25, -0.2) is 4.79 Å². The molecule has 0 spiro atoms. The van der Waals surface area contributed by atoms with Crippen LogP contribution >= 0.6 is 0 Å².